The number of halogens is 1. The third-order valence-corrected chi connectivity index (χ3v) is 9.73. The Kier molecular flexibility index (Phi) is 10.2. The number of hydrogen-bond donors (Lipinski definition) is 2. The standard InChI is InChI=1S/C45H62O3.ClH/c1-40(2,3)28-19-25(20-29(37(28)46)41(4,5)6)34-35(26-21-30(42(7,8)9)38(47)31(22-26)43(10,11)12)36(34)27-23-32(44(13,14)15)39(48)33(24-27)45(16,17)18;/h19-24,46-47H,1-18H3;1H. The Hall–Kier alpha value is -3.04. The molecule has 0 fully saturated rings. The highest BCUT2D eigenvalue weighted by Crippen LogP contribution is 2.59. The molecule has 0 aromatic heterocycles. The van der Waals surface area contributed by atoms with Gasteiger partial charge in [0.05, 0.1) is 11.1 Å². The lowest BCUT2D eigenvalue weighted by Crippen LogP contribution is -3.00. The summed E-state index contributed by atoms with van der Waals surface area (Å²) in [6, 6.07) is 8.72. The monoisotopic (exact) mass is 686 g/mol. The van der Waals surface area contributed by atoms with Gasteiger partial charge in [0.15, 0.2) is 0 Å². The topological polar surface area (TPSA) is 61.9 Å². The van der Waals surface area contributed by atoms with Crippen LogP contribution in [0.1, 0.15) is 158 Å². The van der Waals surface area contributed by atoms with Crippen molar-refractivity contribution in [3.8, 4) is 11.5 Å². The molecule has 0 unspecified atom stereocenters. The molecule has 0 atom stereocenters. The first-order chi connectivity index (χ1) is 21.4. The van der Waals surface area contributed by atoms with Gasteiger partial charge in [0.1, 0.15) is 11.5 Å². The van der Waals surface area contributed by atoms with Crippen molar-refractivity contribution in [2.24, 2.45) is 10.8 Å². The fraction of sp³-hybridized carbons (Fsp3) is 0.533. The van der Waals surface area contributed by atoms with Gasteiger partial charge in [0, 0.05) is 22.3 Å². The molecule has 3 nitrogen and oxygen atoms in total. The highest BCUT2D eigenvalue weighted by atomic mass is 35.5. The molecule has 2 aromatic rings. The summed E-state index contributed by atoms with van der Waals surface area (Å²) in [7, 11) is 0. The van der Waals surface area contributed by atoms with Crippen LogP contribution in [0.25, 0.3) is 11.1 Å². The maximum atomic E-state index is 11.6. The van der Waals surface area contributed by atoms with Crippen LogP contribution in [0.5, 0.6) is 11.5 Å². The smallest absolute Gasteiger partial charge is 0.347 e. The van der Waals surface area contributed by atoms with E-state index < -0.39 is 0 Å². The summed E-state index contributed by atoms with van der Waals surface area (Å²) in [5, 5.41) is 23.3. The second-order valence-corrected chi connectivity index (χ2v) is 20.4. The molecule has 2 aliphatic carbocycles. The largest absolute Gasteiger partial charge is 1.00 e. The molecule has 0 heterocycles. The Bertz CT molecular complexity index is 1610. The fourth-order valence-electron chi connectivity index (χ4n) is 6.82. The molecular weight excluding hydrogens is 624 g/mol. The summed E-state index contributed by atoms with van der Waals surface area (Å²) in [5.74, 6) is 1.10. The second kappa shape index (κ2) is 12.3. The molecular formula is C45H63ClO3. The SMILES string of the molecule is CC(C)(C)C1=CC(=C2C(c3cc(C(C)(C)C)c(O)c(C(C)(C)C)c3)=C2c2cc(C(C)(C)C)c(O)c(C(C)(C)C)c2)C=C(C(C)(C)C)C1=[OH+].[Cl-]. The summed E-state index contributed by atoms with van der Waals surface area (Å²) >= 11 is 0. The van der Waals surface area contributed by atoms with Gasteiger partial charge in [-0.15, -0.1) is 0 Å². The minimum absolute atomic E-state index is 0. The van der Waals surface area contributed by atoms with Gasteiger partial charge in [0.2, 0.25) is 0 Å². The van der Waals surface area contributed by atoms with E-state index in [4.69, 9.17) is 0 Å². The number of rotatable bonds is 2. The van der Waals surface area contributed by atoms with Crippen molar-refractivity contribution in [3.05, 3.63) is 92.1 Å². The molecule has 0 aliphatic heterocycles. The number of phenols is 2. The van der Waals surface area contributed by atoms with Gasteiger partial charge < -0.3 is 22.6 Å². The van der Waals surface area contributed by atoms with E-state index in [0.29, 0.717) is 17.3 Å². The highest BCUT2D eigenvalue weighted by Gasteiger charge is 2.43. The lowest BCUT2D eigenvalue weighted by atomic mass is 9.71. The zero-order valence-electron chi connectivity index (χ0n) is 33.7. The third kappa shape index (κ3) is 7.83. The van der Waals surface area contributed by atoms with Gasteiger partial charge in [-0.25, -0.2) is 0 Å². The molecule has 0 spiro atoms. The Morgan fingerprint density at radius 1 is 0.408 bits per heavy atom. The molecule has 2 aliphatic rings. The van der Waals surface area contributed by atoms with E-state index in [1.54, 1.807) is 0 Å². The van der Waals surface area contributed by atoms with E-state index in [0.717, 1.165) is 66.8 Å². The highest BCUT2D eigenvalue weighted by molar-refractivity contribution is 6.28. The first kappa shape index (κ1) is 40.4. The molecule has 0 bridgehead atoms. The van der Waals surface area contributed by atoms with E-state index >= 15 is 0 Å². The predicted molar refractivity (Wildman–Crippen MR) is 207 cm³/mol. The molecule has 0 amide bonds. The van der Waals surface area contributed by atoms with Crippen LogP contribution in [-0.4, -0.2) is 20.8 Å². The van der Waals surface area contributed by atoms with E-state index in [1.807, 2.05) is 0 Å². The summed E-state index contributed by atoms with van der Waals surface area (Å²) in [6.45, 7) is 38.8. The molecule has 0 radical (unpaired) electrons. The zero-order valence-corrected chi connectivity index (χ0v) is 34.4. The van der Waals surface area contributed by atoms with Crippen molar-refractivity contribution < 1.29 is 27.4 Å². The molecule has 0 saturated carbocycles. The van der Waals surface area contributed by atoms with Gasteiger partial charge in [-0.05, 0) is 102 Å². The van der Waals surface area contributed by atoms with Crippen LogP contribution in [0.3, 0.4) is 0 Å². The average Bonchev–Trinajstić information content (AvgIpc) is 3.60. The van der Waals surface area contributed by atoms with Crippen molar-refractivity contribution in [1.82, 2.24) is 0 Å². The number of ketones is 1. The van der Waals surface area contributed by atoms with Crippen LogP contribution in [-0.2, 0) is 21.7 Å². The second-order valence-electron chi connectivity index (χ2n) is 20.4. The van der Waals surface area contributed by atoms with Crippen LogP contribution in [0, 0.1) is 10.8 Å². The van der Waals surface area contributed by atoms with E-state index in [1.165, 1.54) is 0 Å². The van der Waals surface area contributed by atoms with Gasteiger partial charge in [-0.2, -0.15) is 0 Å². The van der Waals surface area contributed by atoms with E-state index in [9.17, 15) is 15.0 Å². The molecule has 4 rings (SSSR count). The predicted octanol–water partition coefficient (Wildman–Crippen LogP) is 9.02. The summed E-state index contributed by atoms with van der Waals surface area (Å²) in [4.78, 5) is 11.6. The number of carbonyl (C=O) groups excluding carboxylic acids is 1. The quantitative estimate of drug-likeness (QED) is 0.310. The van der Waals surface area contributed by atoms with Crippen molar-refractivity contribution in [3.63, 3.8) is 0 Å². The number of aromatic hydroxyl groups is 2. The molecule has 49 heavy (non-hydrogen) atoms. The van der Waals surface area contributed by atoms with Gasteiger partial charge in [-0.3, -0.25) is 4.79 Å². The van der Waals surface area contributed by atoms with Crippen LogP contribution >= 0.6 is 0 Å². The number of hydrogen-bond acceptors (Lipinski definition) is 2. The lowest BCUT2D eigenvalue weighted by molar-refractivity contribution is -0.0000160. The van der Waals surface area contributed by atoms with Crippen LogP contribution in [0.4, 0.5) is 0 Å². The number of benzene rings is 2. The van der Waals surface area contributed by atoms with Crippen molar-refractivity contribution >= 4 is 16.9 Å². The molecule has 3 N–H and O–H groups in total. The third-order valence-electron chi connectivity index (χ3n) is 9.73. The van der Waals surface area contributed by atoms with Gasteiger partial charge >= 0.3 is 5.78 Å². The Morgan fingerprint density at radius 3 is 0.857 bits per heavy atom. The van der Waals surface area contributed by atoms with Crippen LogP contribution in [0.15, 0.2) is 58.7 Å². The van der Waals surface area contributed by atoms with Crippen LogP contribution < -0.4 is 12.4 Å². The first-order valence-electron chi connectivity index (χ1n) is 17.6. The first-order valence-corrected chi connectivity index (χ1v) is 17.6. The van der Waals surface area contributed by atoms with Crippen LogP contribution in [0.2, 0.25) is 0 Å². The van der Waals surface area contributed by atoms with Gasteiger partial charge in [0.25, 0.3) is 0 Å². The summed E-state index contributed by atoms with van der Waals surface area (Å²) < 4.78 is 0. The Balaban J connectivity index is 0.00000650. The zero-order chi connectivity index (χ0) is 36.9. The Morgan fingerprint density at radius 2 is 0.653 bits per heavy atom. The minimum Gasteiger partial charge on any atom is -1.00 e. The normalized spacial score (nSPS) is 16.5. The van der Waals surface area contributed by atoms with Crippen molar-refractivity contribution in [1.29, 1.82) is 0 Å². The average molecular weight is 687 g/mol. The fourth-order valence-corrected chi connectivity index (χ4v) is 6.82. The molecule has 0 saturated heterocycles. The lowest BCUT2D eigenvalue weighted by Gasteiger charge is -2.28. The van der Waals surface area contributed by atoms with E-state index in [2.05, 4.69) is 161 Å². The number of allylic oxidation sites excluding steroid dienone is 8. The molecule has 268 valence electrons. The number of phenolic OH excluding ortho intramolecular Hbond substituents is 2. The van der Waals surface area contributed by atoms with Gasteiger partial charge in [-0.1, -0.05) is 125 Å². The van der Waals surface area contributed by atoms with Crippen molar-refractivity contribution in [2.75, 3.05) is 0 Å². The summed E-state index contributed by atoms with van der Waals surface area (Å²) in [6.07, 6.45) is 4.36. The van der Waals surface area contributed by atoms with Crippen molar-refractivity contribution in [2.45, 2.75) is 146 Å². The minimum atomic E-state index is -0.273. The van der Waals surface area contributed by atoms with E-state index in [-0.39, 0.29) is 44.9 Å². The maximum absolute atomic E-state index is 11.6. The molecule has 2 aromatic carbocycles. The summed E-state index contributed by atoms with van der Waals surface area (Å²) in [5.41, 5.74) is 10.6. The Labute approximate surface area is 304 Å². The molecule has 4 heteroatoms. The maximum Gasteiger partial charge on any atom is 0.347 e.